The van der Waals surface area contributed by atoms with Crippen LogP contribution in [-0.2, 0) is 0 Å². The van der Waals surface area contributed by atoms with Crippen molar-refractivity contribution >= 4 is 17.7 Å². The van der Waals surface area contributed by atoms with E-state index in [-0.39, 0.29) is 5.91 Å². The standard InChI is InChI=1S/C9H14N4OS/c14-9(8-11-6-12-13-8)10-5-7-1-3-15-4-2-7/h6-7H,1-5H2,(H,10,14)(H,11,12,13). The first-order valence-corrected chi connectivity index (χ1v) is 6.23. The lowest BCUT2D eigenvalue weighted by molar-refractivity contribution is 0.0936. The highest BCUT2D eigenvalue weighted by Crippen LogP contribution is 2.21. The number of hydrogen-bond acceptors (Lipinski definition) is 4. The molecule has 2 heterocycles. The van der Waals surface area contributed by atoms with Crippen molar-refractivity contribution in [1.29, 1.82) is 0 Å². The van der Waals surface area contributed by atoms with Gasteiger partial charge in [0.2, 0.25) is 5.82 Å². The predicted molar refractivity (Wildman–Crippen MR) is 58.8 cm³/mol. The molecule has 0 saturated carbocycles. The summed E-state index contributed by atoms with van der Waals surface area (Å²) in [6.07, 6.45) is 3.73. The van der Waals surface area contributed by atoms with Crippen molar-refractivity contribution < 1.29 is 4.79 Å². The molecule has 6 heteroatoms. The number of nitrogens with one attached hydrogen (secondary N) is 2. The highest BCUT2D eigenvalue weighted by Gasteiger charge is 2.15. The van der Waals surface area contributed by atoms with E-state index in [4.69, 9.17) is 0 Å². The fourth-order valence-corrected chi connectivity index (χ4v) is 2.79. The van der Waals surface area contributed by atoms with Crippen LogP contribution in [0.2, 0.25) is 0 Å². The molecule has 1 aliphatic heterocycles. The van der Waals surface area contributed by atoms with E-state index in [9.17, 15) is 4.79 Å². The Labute approximate surface area is 92.4 Å². The molecule has 2 rings (SSSR count). The Morgan fingerprint density at radius 1 is 1.60 bits per heavy atom. The zero-order chi connectivity index (χ0) is 10.5. The zero-order valence-electron chi connectivity index (χ0n) is 8.40. The summed E-state index contributed by atoms with van der Waals surface area (Å²) in [5.41, 5.74) is 0. The van der Waals surface area contributed by atoms with Crippen molar-refractivity contribution in [2.75, 3.05) is 18.1 Å². The van der Waals surface area contributed by atoms with Gasteiger partial charge in [0.05, 0.1) is 0 Å². The minimum absolute atomic E-state index is 0.161. The van der Waals surface area contributed by atoms with Crippen molar-refractivity contribution in [3.05, 3.63) is 12.2 Å². The van der Waals surface area contributed by atoms with Crippen LogP contribution in [0.4, 0.5) is 0 Å². The van der Waals surface area contributed by atoms with Gasteiger partial charge in [0.15, 0.2) is 0 Å². The topological polar surface area (TPSA) is 70.7 Å². The Morgan fingerprint density at radius 3 is 3.07 bits per heavy atom. The molecule has 5 nitrogen and oxygen atoms in total. The van der Waals surface area contributed by atoms with Crippen molar-refractivity contribution in [1.82, 2.24) is 20.5 Å². The fourth-order valence-electron chi connectivity index (χ4n) is 1.59. The van der Waals surface area contributed by atoms with E-state index in [1.54, 1.807) is 0 Å². The first kappa shape index (κ1) is 10.5. The van der Waals surface area contributed by atoms with Gasteiger partial charge in [-0.3, -0.25) is 9.89 Å². The second-order valence-corrected chi connectivity index (χ2v) is 4.82. The number of H-pyrrole nitrogens is 1. The molecule has 0 aliphatic carbocycles. The number of hydrogen-bond donors (Lipinski definition) is 2. The molecule has 0 spiro atoms. The van der Waals surface area contributed by atoms with E-state index in [1.807, 2.05) is 11.8 Å². The first-order chi connectivity index (χ1) is 7.36. The minimum atomic E-state index is -0.161. The van der Waals surface area contributed by atoms with Crippen molar-refractivity contribution in [3.63, 3.8) is 0 Å². The second kappa shape index (κ2) is 5.16. The van der Waals surface area contributed by atoms with Crippen LogP contribution in [0.3, 0.4) is 0 Å². The Morgan fingerprint density at radius 2 is 2.40 bits per heavy atom. The number of aromatic amines is 1. The van der Waals surface area contributed by atoms with E-state index >= 15 is 0 Å². The quantitative estimate of drug-likeness (QED) is 0.795. The number of thioether (sulfide) groups is 1. The highest BCUT2D eigenvalue weighted by molar-refractivity contribution is 7.99. The molecular weight excluding hydrogens is 212 g/mol. The average Bonchev–Trinajstić information content (AvgIpc) is 2.81. The van der Waals surface area contributed by atoms with Crippen molar-refractivity contribution in [2.45, 2.75) is 12.8 Å². The van der Waals surface area contributed by atoms with Crippen LogP contribution in [0.1, 0.15) is 23.5 Å². The van der Waals surface area contributed by atoms with Gasteiger partial charge in [-0.2, -0.15) is 16.9 Å². The summed E-state index contributed by atoms with van der Waals surface area (Å²) in [6.45, 7) is 0.750. The summed E-state index contributed by atoms with van der Waals surface area (Å²) in [6, 6.07) is 0. The number of nitrogens with zero attached hydrogens (tertiary/aromatic N) is 2. The van der Waals surface area contributed by atoms with Crippen molar-refractivity contribution in [3.8, 4) is 0 Å². The molecule has 82 valence electrons. The molecule has 1 fully saturated rings. The average molecular weight is 226 g/mol. The van der Waals surface area contributed by atoms with Gasteiger partial charge in [0.1, 0.15) is 6.33 Å². The predicted octanol–water partition coefficient (Wildman–Crippen LogP) is 0.678. The SMILES string of the molecule is O=C(NCC1CCSCC1)c1ncn[nH]1. The van der Waals surface area contributed by atoms with Crippen molar-refractivity contribution in [2.24, 2.45) is 5.92 Å². The van der Waals surface area contributed by atoms with Gasteiger partial charge in [-0.05, 0) is 30.3 Å². The molecule has 0 atom stereocenters. The van der Waals surface area contributed by atoms with Gasteiger partial charge in [-0.15, -0.1) is 0 Å². The minimum Gasteiger partial charge on any atom is -0.349 e. The van der Waals surface area contributed by atoms with E-state index < -0.39 is 0 Å². The van der Waals surface area contributed by atoms with Crippen LogP contribution < -0.4 is 5.32 Å². The molecule has 0 radical (unpaired) electrons. The summed E-state index contributed by atoms with van der Waals surface area (Å²) in [4.78, 5) is 15.3. The Kier molecular flexibility index (Phi) is 3.60. The lowest BCUT2D eigenvalue weighted by atomic mass is 10.0. The monoisotopic (exact) mass is 226 g/mol. The Hall–Kier alpha value is -1.04. The summed E-state index contributed by atoms with van der Waals surface area (Å²) >= 11 is 1.99. The number of aromatic nitrogens is 3. The summed E-state index contributed by atoms with van der Waals surface area (Å²) in [5.74, 6) is 3.18. The molecular formula is C9H14N4OS. The summed E-state index contributed by atoms with van der Waals surface area (Å²) in [5, 5.41) is 9.06. The van der Waals surface area contributed by atoms with Crippen LogP contribution in [-0.4, -0.2) is 39.1 Å². The lowest BCUT2D eigenvalue weighted by Crippen LogP contribution is -2.31. The molecule has 1 aromatic heterocycles. The molecule has 1 aliphatic rings. The number of carbonyl (C=O) groups is 1. The van der Waals surface area contributed by atoms with E-state index in [0.29, 0.717) is 11.7 Å². The maximum absolute atomic E-state index is 11.5. The summed E-state index contributed by atoms with van der Waals surface area (Å²) < 4.78 is 0. The maximum atomic E-state index is 11.5. The van der Waals surface area contributed by atoms with Gasteiger partial charge in [0, 0.05) is 6.54 Å². The van der Waals surface area contributed by atoms with Crippen LogP contribution in [0, 0.1) is 5.92 Å². The van der Waals surface area contributed by atoms with Gasteiger partial charge in [0.25, 0.3) is 5.91 Å². The van der Waals surface area contributed by atoms with Gasteiger partial charge < -0.3 is 5.32 Å². The van der Waals surface area contributed by atoms with E-state index in [1.165, 1.54) is 30.7 Å². The van der Waals surface area contributed by atoms with Gasteiger partial charge in [-0.25, -0.2) is 4.98 Å². The smallest absolute Gasteiger partial charge is 0.288 e. The molecule has 1 aromatic rings. The van der Waals surface area contributed by atoms with E-state index in [2.05, 4.69) is 20.5 Å². The number of rotatable bonds is 3. The largest absolute Gasteiger partial charge is 0.349 e. The number of carbonyl (C=O) groups excluding carboxylic acids is 1. The zero-order valence-corrected chi connectivity index (χ0v) is 9.22. The van der Waals surface area contributed by atoms with Crippen LogP contribution in [0.25, 0.3) is 0 Å². The fraction of sp³-hybridized carbons (Fsp3) is 0.667. The molecule has 1 saturated heterocycles. The second-order valence-electron chi connectivity index (χ2n) is 3.60. The maximum Gasteiger partial charge on any atom is 0.288 e. The lowest BCUT2D eigenvalue weighted by Gasteiger charge is -2.21. The Bertz CT molecular complexity index is 308. The number of amides is 1. The Balaban J connectivity index is 1.75. The van der Waals surface area contributed by atoms with Crippen LogP contribution >= 0.6 is 11.8 Å². The molecule has 0 unspecified atom stereocenters. The van der Waals surface area contributed by atoms with Gasteiger partial charge >= 0.3 is 0 Å². The third kappa shape index (κ3) is 2.95. The van der Waals surface area contributed by atoms with Crippen LogP contribution in [0.15, 0.2) is 6.33 Å². The van der Waals surface area contributed by atoms with E-state index in [0.717, 1.165) is 6.54 Å². The molecule has 15 heavy (non-hydrogen) atoms. The first-order valence-electron chi connectivity index (χ1n) is 5.07. The summed E-state index contributed by atoms with van der Waals surface area (Å²) in [7, 11) is 0. The van der Waals surface area contributed by atoms with Crippen LogP contribution in [0.5, 0.6) is 0 Å². The molecule has 1 amide bonds. The molecule has 0 bridgehead atoms. The molecule has 0 aromatic carbocycles. The highest BCUT2D eigenvalue weighted by atomic mass is 32.2. The third-order valence-electron chi connectivity index (χ3n) is 2.52. The third-order valence-corrected chi connectivity index (χ3v) is 3.57. The molecule has 2 N–H and O–H groups in total. The normalized spacial score (nSPS) is 17.6. The van der Waals surface area contributed by atoms with Gasteiger partial charge in [-0.1, -0.05) is 0 Å².